The van der Waals surface area contributed by atoms with Crippen LogP contribution in [-0.2, 0) is 12.0 Å². The minimum absolute atomic E-state index is 0.000671. The molecule has 0 saturated heterocycles. The van der Waals surface area contributed by atoms with Crippen molar-refractivity contribution in [1.82, 2.24) is 4.90 Å². The lowest BCUT2D eigenvalue weighted by Gasteiger charge is -2.21. The van der Waals surface area contributed by atoms with Gasteiger partial charge in [0.05, 0.1) is 4.92 Å². The predicted octanol–water partition coefficient (Wildman–Crippen LogP) is 2.54. The third-order valence-electron chi connectivity index (χ3n) is 2.79. The van der Waals surface area contributed by atoms with Crippen molar-refractivity contribution in [2.24, 2.45) is 0 Å². The molecule has 0 heterocycles. The molecule has 0 aliphatic heterocycles. The molecule has 0 bridgehead atoms. The molecule has 2 N–H and O–H groups in total. The summed E-state index contributed by atoms with van der Waals surface area (Å²) in [6, 6.07) is 3.54. The molecule has 0 aromatic heterocycles. The summed E-state index contributed by atoms with van der Waals surface area (Å²) in [6.45, 7) is 6.68. The Morgan fingerprint density at radius 1 is 1.33 bits per heavy atom. The van der Waals surface area contributed by atoms with Crippen molar-refractivity contribution in [1.29, 1.82) is 0 Å². The minimum Gasteiger partial charge on any atom is -0.393 e. The van der Waals surface area contributed by atoms with Crippen molar-refractivity contribution in [2.75, 3.05) is 19.8 Å². The molecule has 18 heavy (non-hydrogen) atoms. The van der Waals surface area contributed by atoms with E-state index in [9.17, 15) is 10.1 Å². The maximum Gasteiger partial charge on any atom is 0.292 e. The average molecular weight is 251 g/mol. The molecule has 1 rings (SSSR count). The number of hydrogen-bond donors (Lipinski definition) is 1. The summed E-state index contributed by atoms with van der Waals surface area (Å²) in [5, 5.41) is 11.1. The molecule has 1 aromatic rings. The first-order chi connectivity index (χ1) is 8.12. The highest BCUT2D eigenvalue weighted by Gasteiger charge is 2.22. The second-order valence-corrected chi connectivity index (χ2v) is 5.81. The zero-order valence-electron chi connectivity index (χ0n) is 11.7. The van der Waals surface area contributed by atoms with Crippen molar-refractivity contribution in [2.45, 2.75) is 32.7 Å². The molecule has 0 aliphatic rings. The van der Waals surface area contributed by atoms with Crippen molar-refractivity contribution in [3.05, 3.63) is 33.4 Å². The van der Waals surface area contributed by atoms with Gasteiger partial charge in [-0.1, -0.05) is 26.8 Å². The van der Waals surface area contributed by atoms with Crippen LogP contribution in [0.15, 0.2) is 12.1 Å². The summed E-state index contributed by atoms with van der Waals surface area (Å²) >= 11 is 0. The van der Waals surface area contributed by atoms with Crippen LogP contribution in [0.5, 0.6) is 0 Å². The number of nitro benzene ring substituents is 1. The summed E-state index contributed by atoms with van der Waals surface area (Å²) in [5.41, 5.74) is 7.74. The zero-order chi connectivity index (χ0) is 14.1. The lowest BCUT2D eigenvalue weighted by molar-refractivity contribution is -0.384. The Morgan fingerprint density at radius 3 is 2.28 bits per heavy atom. The molecular weight excluding hydrogens is 230 g/mol. The number of nitrogens with two attached hydrogens (primary N) is 1. The van der Waals surface area contributed by atoms with E-state index in [1.807, 2.05) is 45.8 Å². The Morgan fingerprint density at radius 2 is 1.89 bits per heavy atom. The second kappa shape index (κ2) is 4.94. The predicted molar refractivity (Wildman–Crippen MR) is 73.6 cm³/mol. The first-order valence-corrected chi connectivity index (χ1v) is 5.85. The molecule has 0 radical (unpaired) electrons. The molecule has 5 nitrogen and oxygen atoms in total. The Bertz CT molecular complexity index is 462. The number of nitrogen functional groups attached to an aromatic ring is 1. The van der Waals surface area contributed by atoms with Gasteiger partial charge < -0.3 is 10.6 Å². The molecule has 0 spiro atoms. The van der Waals surface area contributed by atoms with Crippen molar-refractivity contribution >= 4 is 11.4 Å². The monoisotopic (exact) mass is 251 g/mol. The van der Waals surface area contributed by atoms with E-state index in [1.165, 1.54) is 0 Å². The molecular formula is C13H21N3O2. The molecule has 0 fully saturated rings. The Kier molecular flexibility index (Phi) is 3.96. The number of nitro groups is 1. The van der Waals surface area contributed by atoms with Gasteiger partial charge in [0.25, 0.3) is 5.69 Å². The molecule has 0 saturated carbocycles. The van der Waals surface area contributed by atoms with Gasteiger partial charge in [0.15, 0.2) is 0 Å². The van der Waals surface area contributed by atoms with Gasteiger partial charge in [-0.05, 0) is 30.6 Å². The van der Waals surface area contributed by atoms with E-state index < -0.39 is 4.92 Å². The van der Waals surface area contributed by atoms with Gasteiger partial charge in [-0.2, -0.15) is 0 Å². The Balaban J connectivity index is 3.42. The highest BCUT2D eigenvalue weighted by molar-refractivity contribution is 5.65. The Hall–Kier alpha value is -1.62. The number of hydrogen-bond acceptors (Lipinski definition) is 4. The van der Waals surface area contributed by atoms with E-state index in [2.05, 4.69) is 0 Å². The first kappa shape index (κ1) is 14.4. The van der Waals surface area contributed by atoms with Gasteiger partial charge in [0.2, 0.25) is 0 Å². The minimum atomic E-state index is -0.413. The fraction of sp³-hybridized carbons (Fsp3) is 0.538. The quantitative estimate of drug-likeness (QED) is 0.509. The maximum absolute atomic E-state index is 11.1. The lowest BCUT2D eigenvalue weighted by atomic mass is 9.85. The highest BCUT2D eigenvalue weighted by Crippen LogP contribution is 2.33. The third-order valence-corrected chi connectivity index (χ3v) is 2.79. The van der Waals surface area contributed by atoms with Crippen molar-refractivity contribution in [3.8, 4) is 0 Å². The largest absolute Gasteiger partial charge is 0.393 e. The molecule has 0 atom stereocenters. The van der Waals surface area contributed by atoms with Gasteiger partial charge in [-0.15, -0.1) is 0 Å². The number of anilines is 1. The van der Waals surface area contributed by atoms with Crippen molar-refractivity contribution in [3.63, 3.8) is 0 Å². The van der Waals surface area contributed by atoms with Crippen molar-refractivity contribution < 1.29 is 4.92 Å². The van der Waals surface area contributed by atoms with E-state index in [0.29, 0.717) is 6.54 Å². The van der Waals surface area contributed by atoms with Crippen LogP contribution in [0, 0.1) is 10.1 Å². The summed E-state index contributed by atoms with van der Waals surface area (Å²) in [6.07, 6.45) is 0. The van der Waals surface area contributed by atoms with Gasteiger partial charge in [-0.3, -0.25) is 10.1 Å². The molecule has 0 unspecified atom stereocenters. The van der Waals surface area contributed by atoms with Crippen LogP contribution in [0.2, 0.25) is 0 Å². The topological polar surface area (TPSA) is 72.4 Å². The number of benzene rings is 1. The van der Waals surface area contributed by atoms with Crippen LogP contribution in [0.4, 0.5) is 11.4 Å². The summed E-state index contributed by atoms with van der Waals surface area (Å²) in [4.78, 5) is 12.6. The smallest absolute Gasteiger partial charge is 0.292 e. The van der Waals surface area contributed by atoms with Crippen LogP contribution >= 0.6 is 0 Å². The summed E-state index contributed by atoms with van der Waals surface area (Å²) in [5.74, 6) is 0. The molecule has 1 aromatic carbocycles. The molecule has 0 aliphatic carbocycles. The van der Waals surface area contributed by atoms with E-state index >= 15 is 0 Å². The Labute approximate surface area is 108 Å². The van der Waals surface area contributed by atoms with E-state index in [-0.39, 0.29) is 16.8 Å². The molecule has 5 heteroatoms. The lowest BCUT2D eigenvalue weighted by Crippen LogP contribution is -2.17. The average Bonchev–Trinajstić information content (AvgIpc) is 2.18. The summed E-state index contributed by atoms with van der Waals surface area (Å²) in [7, 11) is 3.82. The first-order valence-electron chi connectivity index (χ1n) is 5.85. The third kappa shape index (κ3) is 3.20. The van der Waals surface area contributed by atoms with Gasteiger partial charge in [0.1, 0.15) is 5.69 Å². The fourth-order valence-electron chi connectivity index (χ4n) is 1.75. The summed E-state index contributed by atoms with van der Waals surface area (Å²) < 4.78 is 0. The van der Waals surface area contributed by atoms with Crippen LogP contribution in [-0.4, -0.2) is 23.9 Å². The highest BCUT2D eigenvalue weighted by atomic mass is 16.6. The van der Waals surface area contributed by atoms with Crippen LogP contribution in [0.3, 0.4) is 0 Å². The number of rotatable bonds is 3. The van der Waals surface area contributed by atoms with Crippen LogP contribution < -0.4 is 5.73 Å². The standard InChI is InChI=1S/C13H21N3O2/c1-13(2,3)10-6-9(8-15(4)5)12(14)11(7-10)16(17)18/h6-7H,8,14H2,1-5H3. The van der Waals surface area contributed by atoms with Gasteiger partial charge in [-0.25, -0.2) is 0 Å². The number of nitrogens with zero attached hydrogens (tertiary/aromatic N) is 2. The fourth-order valence-corrected chi connectivity index (χ4v) is 1.75. The maximum atomic E-state index is 11.1. The van der Waals surface area contributed by atoms with E-state index in [1.54, 1.807) is 6.07 Å². The van der Waals surface area contributed by atoms with Crippen LogP contribution in [0.1, 0.15) is 31.9 Å². The van der Waals surface area contributed by atoms with Crippen LogP contribution in [0.25, 0.3) is 0 Å². The van der Waals surface area contributed by atoms with Gasteiger partial charge in [0, 0.05) is 12.6 Å². The normalized spacial score (nSPS) is 11.9. The molecule has 0 amide bonds. The molecule has 100 valence electrons. The van der Waals surface area contributed by atoms with E-state index in [4.69, 9.17) is 5.73 Å². The van der Waals surface area contributed by atoms with E-state index in [0.717, 1.165) is 11.1 Å². The zero-order valence-corrected chi connectivity index (χ0v) is 11.7. The SMILES string of the molecule is CN(C)Cc1cc(C(C)(C)C)cc([N+](=O)[O-])c1N. The second-order valence-electron chi connectivity index (χ2n) is 5.81. The van der Waals surface area contributed by atoms with Gasteiger partial charge >= 0.3 is 0 Å².